The van der Waals surface area contributed by atoms with Crippen molar-refractivity contribution >= 4 is 6.29 Å². The van der Waals surface area contributed by atoms with Crippen molar-refractivity contribution in [3.8, 4) is 0 Å². The molecule has 2 nitrogen and oxygen atoms in total. The molecular weight excluding hydrogens is 200 g/mol. The van der Waals surface area contributed by atoms with Gasteiger partial charge in [0.2, 0.25) is 0 Å². The number of ether oxygens (including phenoxy) is 1. The second-order valence-electron chi connectivity index (χ2n) is 4.32. The standard InChI is InChI=1S/C14H20O2/c1-12(2)14(16-3,10-7-11-15)13-8-5-4-6-9-13/h4-6,8-9,11-12H,7,10H2,1-3H3. The summed E-state index contributed by atoms with van der Waals surface area (Å²) in [7, 11) is 1.72. The average Bonchev–Trinajstić information content (AvgIpc) is 2.31. The van der Waals surface area contributed by atoms with E-state index in [9.17, 15) is 4.79 Å². The molecule has 88 valence electrons. The fourth-order valence-corrected chi connectivity index (χ4v) is 2.22. The maximum Gasteiger partial charge on any atom is 0.120 e. The van der Waals surface area contributed by atoms with Gasteiger partial charge in [0.05, 0.1) is 5.60 Å². The number of benzene rings is 1. The number of methoxy groups -OCH3 is 1. The highest BCUT2D eigenvalue weighted by molar-refractivity contribution is 5.49. The topological polar surface area (TPSA) is 26.3 Å². The lowest BCUT2D eigenvalue weighted by Gasteiger charge is -2.36. The van der Waals surface area contributed by atoms with Gasteiger partial charge in [-0.05, 0) is 17.9 Å². The van der Waals surface area contributed by atoms with Gasteiger partial charge in [-0.25, -0.2) is 0 Å². The van der Waals surface area contributed by atoms with Crippen molar-refractivity contribution < 1.29 is 9.53 Å². The second kappa shape index (κ2) is 5.80. The Hall–Kier alpha value is -1.15. The largest absolute Gasteiger partial charge is 0.373 e. The van der Waals surface area contributed by atoms with Crippen molar-refractivity contribution in [1.29, 1.82) is 0 Å². The molecule has 1 aromatic rings. The number of rotatable bonds is 6. The van der Waals surface area contributed by atoms with Gasteiger partial charge in [0.25, 0.3) is 0 Å². The number of hydrogen-bond donors (Lipinski definition) is 0. The zero-order chi connectivity index (χ0) is 12.0. The Kier molecular flexibility index (Phi) is 4.69. The zero-order valence-electron chi connectivity index (χ0n) is 10.3. The van der Waals surface area contributed by atoms with Gasteiger partial charge < -0.3 is 9.53 Å². The van der Waals surface area contributed by atoms with Crippen LogP contribution in [0.5, 0.6) is 0 Å². The van der Waals surface area contributed by atoms with Crippen LogP contribution in [0.4, 0.5) is 0 Å². The van der Waals surface area contributed by atoms with E-state index in [1.165, 1.54) is 0 Å². The van der Waals surface area contributed by atoms with Crippen molar-refractivity contribution in [1.82, 2.24) is 0 Å². The maximum atomic E-state index is 10.6. The van der Waals surface area contributed by atoms with Crippen LogP contribution in [0.2, 0.25) is 0 Å². The minimum Gasteiger partial charge on any atom is -0.373 e. The molecule has 0 heterocycles. The molecular formula is C14H20O2. The van der Waals surface area contributed by atoms with Crippen molar-refractivity contribution in [3.63, 3.8) is 0 Å². The Morgan fingerprint density at radius 1 is 1.31 bits per heavy atom. The summed E-state index contributed by atoms with van der Waals surface area (Å²) in [5.41, 5.74) is 0.802. The lowest BCUT2D eigenvalue weighted by Crippen LogP contribution is -2.34. The highest BCUT2D eigenvalue weighted by Gasteiger charge is 2.34. The Balaban J connectivity index is 3.06. The van der Waals surface area contributed by atoms with E-state index in [-0.39, 0.29) is 5.60 Å². The Bertz CT molecular complexity index is 319. The first-order chi connectivity index (χ1) is 7.67. The predicted octanol–water partition coefficient (Wildman–Crippen LogP) is 3.16. The number of carbonyl (C=O) groups is 1. The normalized spacial score (nSPS) is 14.8. The summed E-state index contributed by atoms with van der Waals surface area (Å²) in [6.45, 7) is 4.25. The Morgan fingerprint density at radius 2 is 1.94 bits per heavy atom. The molecule has 0 fully saturated rings. The van der Waals surface area contributed by atoms with Gasteiger partial charge in [-0.3, -0.25) is 0 Å². The summed E-state index contributed by atoms with van der Waals surface area (Å²) in [5, 5.41) is 0. The van der Waals surface area contributed by atoms with Crippen molar-refractivity contribution in [2.45, 2.75) is 32.3 Å². The molecule has 1 rings (SSSR count). The monoisotopic (exact) mass is 220 g/mol. The highest BCUT2D eigenvalue weighted by atomic mass is 16.5. The molecule has 0 N–H and O–H groups in total. The van der Waals surface area contributed by atoms with Gasteiger partial charge >= 0.3 is 0 Å². The maximum absolute atomic E-state index is 10.6. The third-order valence-electron chi connectivity index (χ3n) is 3.19. The first-order valence-electron chi connectivity index (χ1n) is 5.71. The van der Waals surface area contributed by atoms with Crippen LogP contribution >= 0.6 is 0 Å². The van der Waals surface area contributed by atoms with Gasteiger partial charge in [0, 0.05) is 13.5 Å². The fourth-order valence-electron chi connectivity index (χ4n) is 2.22. The SMILES string of the molecule is COC(CCC=O)(c1ccccc1)C(C)C. The molecule has 0 radical (unpaired) electrons. The van der Waals surface area contributed by atoms with E-state index in [1.807, 2.05) is 18.2 Å². The Labute approximate surface area is 97.6 Å². The molecule has 2 heteroatoms. The van der Waals surface area contributed by atoms with Crippen LogP contribution in [0.3, 0.4) is 0 Å². The minimum absolute atomic E-state index is 0.333. The van der Waals surface area contributed by atoms with Crippen molar-refractivity contribution in [2.75, 3.05) is 7.11 Å². The summed E-state index contributed by atoms with van der Waals surface area (Å²) in [4.78, 5) is 10.6. The average molecular weight is 220 g/mol. The van der Waals surface area contributed by atoms with Crippen LogP contribution in [-0.2, 0) is 15.1 Å². The van der Waals surface area contributed by atoms with Crippen LogP contribution in [0.15, 0.2) is 30.3 Å². The van der Waals surface area contributed by atoms with Crippen LogP contribution in [0.25, 0.3) is 0 Å². The first-order valence-corrected chi connectivity index (χ1v) is 5.71. The molecule has 16 heavy (non-hydrogen) atoms. The van der Waals surface area contributed by atoms with E-state index in [0.29, 0.717) is 12.3 Å². The molecule has 0 aliphatic rings. The lowest BCUT2D eigenvalue weighted by atomic mass is 9.79. The molecule has 0 aliphatic heterocycles. The number of hydrogen-bond acceptors (Lipinski definition) is 2. The van der Waals surface area contributed by atoms with E-state index in [2.05, 4.69) is 26.0 Å². The van der Waals surface area contributed by atoms with E-state index >= 15 is 0 Å². The van der Waals surface area contributed by atoms with E-state index < -0.39 is 0 Å². The fraction of sp³-hybridized carbons (Fsp3) is 0.500. The molecule has 0 bridgehead atoms. The van der Waals surface area contributed by atoms with Gasteiger partial charge in [0.15, 0.2) is 0 Å². The lowest BCUT2D eigenvalue weighted by molar-refractivity contribution is -0.111. The summed E-state index contributed by atoms with van der Waals surface area (Å²) >= 11 is 0. The summed E-state index contributed by atoms with van der Waals surface area (Å²) in [6, 6.07) is 10.1. The molecule has 0 spiro atoms. The van der Waals surface area contributed by atoms with Gasteiger partial charge in [-0.15, -0.1) is 0 Å². The van der Waals surface area contributed by atoms with E-state index in [4.69, 9.17) is 4.74 Å². The van der Waals surface area contributed by atoms with Crippen LogP contribution in [-0.4, -0.2) is 13.4 Å². The number of carbonyl (C=O) groups excluding carboxylic acids is 1. The smallest absolute Gasteiger partial charge is 0.120 e. The highest BCUT2D eigenvalue weighted by Crippen LogP contribution is 2.37. The molecule has 1 aromatic carbocycles. The third kappa shape index (κ3) is 2.50. The van der Waals surface area contributed by atoms with Gasteiger partial charge in [-0.1, -0.05) is 44.2 Å². The zero-order valence-corrected chi connectivity index (χ0v) is 10.3. The third-order valence-corrected chi connectivity index (χ3v) is 3.19. The van der Waals surface area contributed by atoms with E-state index in [1.54, 1.807) is 7.11 Å². The van der Waals surface area contributed by atoms with Crippen LogP contribution in [0, 0.1) is 5.92 Å². The van der Waals surface area contributed by atoms with Crippen LogP contribution in [0.1, 0.15) is 32.3 Å². The van der Waals surface area contributed by atoms with Gasteiger partial charge in [0.1, 0.15) is 6.29 Å². The first kappa shape index (κ1) is 12.9. The second-order valence-corrected chi connectivity index (χ2v) is 4.32. The minimum atomic E-state index is -0.345. The predicted molar refractivity (Wildman–Crippen MR) is 65.3 cm³/mol. The Morgan fingerprint density at radius 3 is 2.38 bits per heavy atom. The quantitative estimate of drug-likeness (QED) is 0.688. The van der Waals surface area contributed by atoms with Crippen LogP contribution < -0.4 is 0 Å². The molecule has 1 atom stereocenters. The van der Waals surface area contributed by atoms with Gasteiger partial charge in [-0.2, -0.15) is 0 Å². The summed E-state index contributed by atoms with van der Waals surface area (Å²) in [6.07, 6.45) is 2.22. The molecule has 0 aromatic heterocycles. The van der Waals surface area contributed by atoms with Crippen molar-refractivity contribution in [3.05, 3.63) is 35.9 Å². The molecule has 1 unspecified atom stereocenters. The molecule has 0 amide bonds. The number of aldehydes is 1. The summed E-state index contributed by atoms with van der Waals surface area (Å²) in [5.74, 6) is 0.333. The molecule has 0 saturated heterocycles. The molecule has 0 saturated carbocycles. The molecule has 0 aliphatic carbocycles. The van der Waals surface area contributed by atoms with Crippen molar-refractivity contribution in [2.24, 2.45) is 5.92 Å². The van der Waals surface area contributed by atoms with E-state index in [0.717, 1.165) is 18.3 Å². The summed E-state index contributed by atoms with van der Waals surface area (Å²) < 4.78 is 5.73.